The van der Waals surface area contributed by atoms with E-state index in [4.69, 9.17) is 18.8 Å². The lowest BCUT2D eigenvalue weighted by molar-refractivity contribution is -0.189. The number of carbonyl (C=O) groups excluding carboxylic acids is 3. The monoisotopic (exact) mass is 836 g/mol. The van der Waals surface area contributed by atoms with E-state index in [1.807, 2.05) is 0 Å². The first-order valence-electron chi connectivity index (χ1n) is 20.3. The van der Waals surface area contributed by atoms with E-state index in [2.05, 4.69) is 13.8 Å². The summed E-state index contributed by atoms with van der Waals surface area (Å²) in [5.74, 6) is -1.07. The molecule has 11 nitrogen and oxygen atoms in total. The molecule has 11 atom stereocenters. The first-order valence-corrected chi connectivity index (χ1v) is 23.8. The van der Waals surface area contributed by atoms with Crippen molar-refractivity contribution >= 4 is 51.5 Å². The van der Waals surface area contributed by atoms with Gasteiger partial charge >= 0.3 is 33.3 Å². The fourth-order valence-corrected chi connectivity index (χ4v) is 16.1. The largest absolute Gasteiger partial charge is 0.465 e. The van der Waals surface area contributed by atoms with Crippen molar-refractivity contribution in [1.82, 2.24) is 0 Å². The van der Waals surface area contributed by atoms with Crippen LogP contribution in [-0.2, 0) is 38.7 Å². The van der Waals surface area contributed by atoms with E-state index in [0.29, 0.717) is 94.0 Å². The zero-order valence-corrected chi connectivity index (χ0v) is 34.4. The van der Waals surface area contributed by atoms with E-state index >= 15 is 0 Å². The van der Waals surface area contributed by atoms with E-state index < -0.39 is 55.4 Å². The minimum absolute atomic E-state index is 0.0239. The maximum atomic E-state index is 14.3. The molecule has 0 aromatic rings. The third-order valence-corrected chi connectivity index (χ3v) is 18.7. The number of hydrogen-bond acceptors (Lipinski definition) is 12. The van der Waals surface area contributed by atoms with Gasteiger partial charge in [0.05, 0.1) is 33.0 Å². The van der Waals surface area contributed by atoms with Crippen LogP contribution < -0.4 is 0 Å². The van der Waals surface area contributed by atoms with Gasteiger partial charge in [-0.1, -0.05) is 20.3 Å². The summed E-state index contributed by atoms with van der Waals surface area (Å²) in [7, 11) is -6.00. The number of esters is 3. The van der Waals surface area contributed by atoms with E-state index in [1.165, 1.54) is 0 Å². The summed E-state index contributed by atoms with van der Waals surface area (Å²) in [5.41, 5.74) is -3.62. The van der Waals surface area contributed by atoms with E-state index in [0.717, 1.165) is 25.7 Å². The lowest BCUT2D eigenvalue weighted by Crippen LogP contribution is -2.52. The molecular weight excluding hydrogens is 779 g/mol. The van der Waals surface area contributed by atoms with Crippen molar-refractivity contribution in [2.24, 2.45) is 52.3 Å². The van der Waals surface area contributed by atoms with Gasteiger partial charge in [0.1, 0.15) is 18.8 Å². The molecule has 3 N–H and O–H groups in total. The first-order chi connectivity index (χ1) is 25.7. The number of carbonyl (C=O) groups is 3. The van der Waals surface area contributed by atoms with Crippen LogP contribution in [0.5, 0.6) is 0 Å². The second kappa shape index (κ2) is 15.4. The Labute approximate surface area is 331 Å². The number of aliphatic hydroxyl groups excluding tert-OH is 1. The summed E-state index contributed by atoms with van der Waals surface area (Å²) < 4.78 is 77.9. The molecule has 55 heavy (non-hydrogen) atoms. The fraction of sp³-hybridized carbons (Fsp3) is 0.923. The van der Waals surface area contributed by atoms with Gasteiger partial charge in [-0.2, -0.15) is 17.2 Å². The third kappa shape index (κ3) is 8.89. The van der Waals surface area contributed by atoms with Gasteiger partial charge in [-0.05, 0) is 132 Å². The molecule has 7 aliphatic rings. The van der Waals surface area contributed by atoms with Crippen LogP contribution in [0.1, 0.15) is 117 Å². The van der Waals surface area contributed by atoms with Gasteiger partial charge in [-0.3, -0.25) is 14.1 Å². The molecule has 0 amide bonds. The van der Waals surface area contributed by atoms with Crippen molar-refractivity contribution in [3.05, 3.63) is 0 Å². The van der Waals surface area contributed by atoms with Crippen LogP contribution in [0.25, 0.3) is 0 Å². The zero-order valence-electron chi connectivity index (χ0n) is 31.9. The maximum Gasteiger partial charge on any atom is 0.465 e. The number of ether oxygens (including phenoxy) is 3. The number of aliphatic hydroxyl groups is 2. The molecule has 16 heteroatoms. The lowest BCUT2D eigenvalue weighted by Gasteiger charge is -2.50. The molecule has 0 aromatic heterocycles. The molecule has 6 saturated carbocycles. The van der Waals surface area contributed by atoms with Crippen LogP contribution in [0.2, 0.25) is 0 Å². The van der Waals surface area contributed by atoms with E-state index in [1.54, 1.807) is 23.5 Å². The zero-order chi connectivity index (χ0) is 39.6. The summed E-state index contributed by atoms with van der Waals surface area (Å²) in [4.78, 5) is 40.2. The van der Waals surface area contributed by atoms with Crippen LogP contribution in [0.15, 0.2) is 0 Å². The summed E-state index contributed by atoms with van der Waals surface area (Å²) in [6, 6.07) is 0. The van der Waals surface area contributed by atoms with Crippen LogP contribution >= 0.6 is 23.5 Å². The molecule has 1 heterocycles. The van der Waals surface area contributed by atoms with Crippen LogP contribution in [0, 0.1) is 52.3 Å². The Balaban J connectivity index is 1.04. The van der Waals surface area contributed by atoms with Gasteiger partial charge in [0.25, 0.3) is 0 Å². The maximum absolute atomic E-state index is 14.3. The van der Waals surface area contributed by atoms with Crippen LogP contribution in [0.3, 0.4) is 0 Å². The quantitative estimate of drug-likeness (QED) is 0.126. The predicted octanol–water partition coefficient (Wildman–Crippen LogP) is 6.38. The Bertz CT molecular complexity index is 1560. The van der Waals surface area contributed by atoms with Gasteiger partial charge in [-0.15, -0.1) is 23.5 Å². The number of hydrogen-bond donors (Lipinski definition) is 3. The number of alkyl halides is 2. The Morgan fingerprint density at radius 2 is 1.49 bits per heavy atom. The highest BCUT2D eigenvalue weighted by molar-refractivity contribution is 8.17. The minimum atomic E-state index is -6.00. The summed E-state index contributed by atoms with van der Waals surface area (Å²) in [5, 5.41) is 16.9. The van der Waals surface area contributed by atoms with Crippen molar-refractivity contribution < 1.29 is 60.6 Å². The Hall–Kier alpha value is -1.20. The topological polar surface area (TPSA) is 174 Å². The molecule has 0 spiro atoms. The molecule has 11 unspecified atom stereocenters. The highest BCUT2D eigenvalue weighted by Crippen LogP contribution is 2.56. The highest BCUT2D eigenvalue weighted by Gasteiger charge is 2.59. The van der Waals surface area contributed by atoms with Crippen LogP contribution in [-0.4, -0.2) is 93.0 Å². The predicted molar refractivity (Wildman–Crippen MR) is 201 cm³/mol. The standard InChI is InChI=1S/C39H58F2O11S3/c1-23-6-27-10-30(42)18-36(11-23,13-27)33(44)51-20-35(19-50-31(43)28-9-26-7-24(2)12-37(46,14-26)16-28)21-53-32(54-22-35)29-8-25-4-3-5-38(15-25,17-29)52-34(45)39(40,41)55(47,48)49/h23-30,32,42,46H,3-22H2,1-2H3,(H,47,48,49). The van der Waals surface area contributed by atoms with E-state index in [-0.39, 0.29) is 59.8 Å². The van der Waals surface area contributed by atoms with Crippen molar-refractivity contribution in [3.63, 3.8) is 0 Å². The van der Waals surface area contributed by atoms with Crippen molar-refractivity contribution in [2.45, 2.75) is 144 Å². The SMILES string of the molecule is CC1CC2CC(C(=O)OCC3(COC(=O)C45CC(C)CC(CC(O)C4)C5)CSC(C4CC5CCCC(OC(=O)C(F)(F)S(=O)(=O)O)(C5)C4)SC3)CC(O)(C1)C2. The fourth-order valence-electron chi connectivity index (χ4n) is 12.4. The molecule has 7 rings (SSSR count). The third-order valence-electron chi connectivity index (χ3n) is 14.1. The van der Waals surface area contributed by atoms with Crippen molar-refractivity contribution in [3.8, 4) is 0 Å². The molecular formula is C39H58F2O11S3. The average molecular weight is 837 g/mol. The molecule has 1 saturated heterocycles. The van der Waals surface area contributed by atoms with Crippen molar-refractivity contribution in [2.75, 3.05) is 24.7 Å². The van der Waals surface area contributed by atoms with Crippen LogP contribution in [0.4, 0.5) is 8.78 Å². The highest BCUT2D eigenvalue weighted by atomic mass is 32.2. The molecule has 312 valence electrons. The second-order valence-corrected chi connectivity index (χ2v) is 23.4. The van der Waals surface area contributed by atoms with Gasteiger partial charge in [-0.25, -0.2) is 4.79 Å². The van der Waals surface area contributed by atoms with E-state index in [9.17, 15) is 41.8 Å². The molecule has 6 aliphatic carbocycles. The average Bonchev–Trinajstić information content (AvgIpc) is 3.07. The van der Waals surface area contributed by atoms with Gasteiger partial charge < -0.3 is 24.4 Å². The van der Waals surface area contributed by atoms with Gasteiger partial charge in [0.15, 0.2) is 0 Å². The lowest BCUT2D eigenvalue weighted by atomic mass is 9.58. The molecule has 7 fully saturated rings. The number of rotatable bonds is 10. The van der Waals surface area contributed by atoms with Crippen molar-refractivity contribution in [1.29, 1.82) is 0 Å². The smallest absolute Gasteiger partial charge is 0.465 e. The molecule has 0 radical (unpaired) electrons. The molecule has 1 aliphatic heterocycles. The Kier molecular flexibility index (Phi) is 11.8. The summed E-state index contributed by atoms with van der Waals surface area (Å²) >= 11 is 3.25. The Morgan fingerprint density at radius 3 is 2.18 bits per heavy atom. The second-order valence-electron chi connectivity index (χ2n) is 19.4. The summed E-state index contributed by atoms with van der Waals surface area (Å²) in [6.45, 7) is 4.33. The molecule has 0 aromatic carbocycles. The first kappa shape index (κ1) is 41.9. The van der Waals surface area contributed by atoms with Gasteiger partial charge in [0, 0.05) is 11.5 Å². The molecule has 6 bridgehead atoms. The Morgan fingerprint density at radius 1 is 0.818 bits per heavy atom. The number of thioether (sulfide) groups is 2. The minimum Gasteiger partial charge on any atom is -0.465 e. The summed E-state index contributed by atoms with van der Waals surface area (Å²) in [6.07, 6.45) is 9.41. The van der Waals surface area contributed by atoms with Gasteiger partial charge in [0.2, 0.25) is 0 Å². The number of halogens is 2. The normalized spacial score (nSPS) is 44.5. The number of fused-ring (bicyclic) bond motifs is 6.